The lowest BCUT2D eigenvalue weighted by atomic mass is 10.1. The zero-order chi connectivity index (χ0) is 20.4. The fraction of sp³-hybridized carbons (Fsp3) is 0.471. The van der Waals surface area contributed by atoms with Gasteiger partial charge in [-0.25, -0.2) is 0 Å². The number of hydrogen-bond donors (Lipinski definition) is 3. The Morgan fingerprint density at radius 3 is 2.15 bits per heavy atom. The molecule has 4 N–H and O–H groups in total. The summed E-state index contributed by atoms with van der Waals surface area (Å²) in [5, 5.41) is 11.1. The van der Waals surface area contributed by atoms with Crippen LogP contribution in [0.2, 0.25) is 0 Å². The molecular weight excluding hydrogens is 375 g/mol. The maximum Gasteiger partial charge on any atom is 0.335 e. The van der Waals surface area contributed by atoms with Crippen molar-refractivity contribution in [1.29, 1.82) is 0 Å². The summed E-state index contributed by atoms with van der Waals surface area (Å²) < 4.78 is 23.0. The van der Waals surface area contributed by atoms with E-state index in [1.165, 1.54) is 12.1 Å². The highest BCUT2D eigenvalue weighted by atomic mass is 31.2. The van der Waals surface area contributed by atoms with Gasteiger partial charge in [0.25, 0.3) is 5.91 Å². The van der Waals surface area contributed by atoms with Gasteiger partial charge in [0.1, 0.15) is 6.04 Å². The number of carbonyl (C=O) groups is 3. The van der Waals surface area contributed by atoms with Crippen LogP contribution in [0.15, 0.2) is 24.3 Å². The first kappa shape index (κ1) is 22.8. The smallest absolute Gasteiger partial charge is 0.335 e. The van der Waals surface area contributed by atoms with E-state index in [1.807, 2.05) is 0 Å². The number of carbonyl (C=O) groups excluding carboxylic acids is 2. The Labute approximate surface area is 157 Å². The second-order valence-electron chi connectivity index (χ2n) is 5.66. The van der Waals surface area contributed by atoms with Crippen LogP contribution in [0, 0.1) is 0 Å². The maximum atomic E-state index is 12.5. The van der Waals surface area contributed by atoms with Gasteiger partial charge in [-0.15, -0.1) is 0 Å². The number of hydrogen-bond acceptors (Lipinski definition) is 6. The van der Waals surface area contributed by atoms with Gasteiger partial charge >= 0.3 is 13.6 Å². The lowest BCUT2D eigenvalue weighted by Crippen LogP contribution is -2.44. The first-order valence-electron chi connectivity index (χ1n) is 8.49. The van der Waals surface area contributed by atoms with Gasteiger partial charge in [0.05, 0.1) is 19.4 Å². The highest BCUT2D eigenvalue weighted by Gasteiger charge is 2.24. The van der Waals surface area contributed by atoms with Crippen LogP contribution >= 0.6 is 7.60 Å². The number of aliphatic carboxylic acids is 1. The Morgan fingerprint density at radius 1 is 1.15 bits per heavy atom. The molecule has 0 bridgehead atoms. The molecule has 0 unspecified atom stereocenters. The zero-order valence-electron chi connectivity index (χ0n) is 15.3. The number of carboxylic acid groups (broad SMARTS) is 1. The van der Waals surface area contributed by atoms with Crippen molar-refractivity contribution in [2.75, 3.05) is 13.2 Å². The standard InChI is InChI=1S/C17H25N2O7P/c1-3-25-27(24,26-4-2)11-12-5-7-13(8-6-12)17(23)19-14(16(18)22)9-10-15(20)21/h5-8,14H,3-4,9-11H2,1-2H3,(H2,18,22)(H,19,23)(H,20,21)/t14-/m1/s1. The molecule has 0 heterocycles. The van der Waals surface area contributed by atoms with Gasteiger partial charge in [0, 0.05) is 12.0 Å². The van der Waals surface area contributed by atoms with Crippen LogP contribution in [0.3, 0.4) is 0 Å². The molecule has 0 aliphatic rings. The molecule has 1 rings (SSSR count). The van der Waals surface area contributed by atoms with Gasteiger partial charge < -0.3 is 25.2 Å². The van der Waals surface area contributed by atoms with Gasteiger partial charge in [-0.3, -0.25) is 18.9 Å². The molecule has 0 aliphatic heterocycles. The van der Waals surface area contributed by atoms with Gasteiger partial charge in [-0.1, -0.05) is 12.1 Å². The summed E-state index contributed by atoms with van der Waals surface area (Å²) in [7, 11) is -3.25. The largest absolute Gasteiger partial charge is 0.481 e. The van der Waals surface area contributed by atoms with Crippen molar-refractivity contribution in [2.45, 2.75) is 38.9 Å². The molecular formula is C17H25N2O7P. The Morgan fingerprint density at radius 2 is 1.70 bits per heavy atom. The number of amides is 2. The molecule has 0 saturated carbocycles. The van der Waals surface area contributed by atoms with Gasteiger partial charge in [-0.2, -0.15) is 0 Å². The third-order valence-corrected chi connectivity index (χ3v) is 5.60. The van der Waals surface area contributed by atoms with E-state index in [0.717, 1.165) is 0 Å². The monoisotopic (exact) mass is 400 g/mol. The fourth-order valence-electron chi connectivity index (χ4n) is 2.30. The van der Waals surface area contributed by atoms with E-state index in [1.54, 1.807) is 26.0 Å². The first-order chi connectivity index (χ1) is 12.7. The van der Waals surface area contributed by atoms with Crippen LogP contribution in [-0.4, -0.2) is 42.1 Å². The summed E-state index contributed by atoms with van der Waals surface area (Å²) in [5.41, 5.74) is 6.11. The van der Waals surface area contributed by atoms with Crippen LogP contribution in [0.5, 0.6) is 0 Å². The number of carboxylic acids is 1. The van der Waals surface area contributed by atoms with Crippen molar-refractivity contribution in [3.63, 3.8) is 0 Å². The molecule has 1 atom stereocenters. The lowest BCUT2D eigenvalue weighted by Gasteiger charge is -2.17. The molecule has 1 aromatic carbocycles. The number of primary amides is 1. The second kappa shape index (κ2) is 10.8. The molecule has 27 heavy (non-hydrogen) atoms. The normalized spacial score (nSPS) is 12.4. The van der Waals surface area contributed by atoms with Crippen molar-refractivity contribution in [1.82, 2.24) is 5.32 Å². The van der Waals surface area contributed by atoms with Crippen molar-refractivity contribution in [2.24, 2.45) is 5.73 Å². The molecule has 0 aliphatic carbocycles. The highest BCUT2D eigenvalue weighted by molar-refractivity contribution is 7.53. The Hall–Kier alpha value is -2.22. The molecule has 150 valence electrons. The van der Waals surface area contributed by atoms with Crippen LogP contribution < -0.4 is 11.1 Å². The number of nitrogens with one attached hydrogen (secondary N) is 1. The highest BCUT2D eigenvalue weighted by Crippen LogP contribution is 2.51. The minimum atomic E-state index is -3.25. The van der Waals surface area contributed by atoms with Crippen LogP contribution in [0.25, 0.3) is 0 Å². The SMILES string of the molecule is CCOP(=O)(Cc1ccc(C(=O)N[C@H](CCC(=O)O)C(N)=O)cc1)OCC. The van der Waals surface area contributed by atoms with Crippen molar-refractivity contribution >= 4 is 25.4 Å². The molecule has 0 aromatic heterocycles. The third-order valence-electron chi connectivity index (χ3n) is 3.54. The van der Waals surface area contributed by atoms with E-state index in [4.69, 9.17) is 19.9 Å². The van der Waals surface area contributed by atoms with E-state index in [2.05, 4.69) is 5.32 Å². The zero-order valence-corrected chi connectivity index (χ0v) is 16.2. The fourth-order valence-corrected chi connectivity index (χ4v) is 4.00. The number of benzene rings is 1. The summed E-state index contributed by atoms with van der Waals surface area (Å²) in [5.74, 6) is -2.46. The summed E-state index contributed by atoms with van der Waals surface area (Å²) in [4.78, 5) is 34.2. The first-order valence-corrected chi connectivity index (χ1v) is 10.2. The number of nitrogens with two attached hydrogens (primary N) is 1. The molecule has 0 fully saturated rings. The van der Waals surface area contributed by atoms with Crippen LogP contribution in [-0.2, 0) is 29.4 Å². The summed E-state index contributed by atoms with van der Waals surface area (Å²) in [6.45, 7) is 3.95. The van der Waals surface area contributed by atoms with Gasteiger partial charge in [0.2, 0.25) is 5.91 Å². The lowest BCUT2D eigenvalue weighted by molar-refractivity contribution is -0.137. The van der Waals surface area contributed by atoms with E-state index in [9.17, 15) is 18.9 Å². The van der Waals surface area contributed by atoms with Crippen LogP contribution in [0.1, 0.15) is 42.6 Å². The maximum absolute atomic E-state index is 12.5. The van der Waals surface area contributed by atoms with Crippen molar-refractivity contribution < 1.29 is 33.1 Å². The number of rotatable bonds is 12. The van der Waals surface area contributed by atoms with E-state index >= 15 is 0 Å². The Balaban J connectivity index is 2.79. The summed E-state index contributed by atoms with van der Waals surface area (Å²) >= 11 is 0. The summed E-state index contributed by atoms with van der Waals surface area (Å²) in [6, 6.07) is 5.14. The topological polar surface area (TPSA) is 145 Å². The van der Waals surface area contributed by atoms with Crippen molar-refractivity contribution in [3.8, 4) is 0 Å². The Kier molecular flexibility index (Phi) is 9.14. The van der Waals surface area contributed by atoms with Crippen molar-refractivity contribution in [3.05, 3.63) is 35.4 Å². The molecule has 10 heteroatoms. The predicted octanol–water partition coefficient (Wildman–Crippen LogP) is 1.90. The molecule has 0 spiro atoms. The predicted molar refractivity (Wildman–Crippen MR) is 98.3 cm³/mol. The van der Waals surface area contributed by atoms with E-state index in [0.29, 0.717) is 5.56 Å². The minimum Gasteiger partial charge on any atom is -0.481 e. The molecule has 0 radical (unpaired) electrons. The van der Waals surface area contributed by atoms with Gasteiger partial charge in [0.15, 0.2) is 0 Å². The third kappa shape index (κ3) is 7.90. The molecule has 2 amide bonds. The average Bonchev–Trinajstić information content (AvgIpc) is 2.58. The summed E-state index contributed by atoms with van der Waals surface area (Å²) in [6.07, 6.45) is -0.323. The van der Waals surface area contributed by atoms with Crippen LogP contribution in [0.4, 0.5) is 0 Å². The molecule has 0 saturated heterocycles. The van der Waals surface area contributed by atoms with Gasteiger partial charge in [-0.05, 0) is 38.0 Å². The average molecular weight is 400 g/mol. The van der Waals surface area contributed by atoms with E-state index in [-0.39, 0.29) is 37.8 Å². The quantitative estimate of drug-likeness (QED) is 0.454. The molecule has 1 aromatic rings. The second-order valence-corrected chi connectivity index (χ2v) is 7.72. The molecule has 9 nitrogen and oxygen atoms in total. The minimum absolute atomic E-state index is 0.0686. The Bertz CT molecular complexity index is 696. The van der Waals surface area contributed by atoms with E-state index < -0.39 is 31.4 Å².